The highest BCUT2D eigenvalue weighted by atomic mass is 19.4. The Bertz CT molecular complexity index is 1120. The minimum absolute atomic E-state index is 0.0373. The zero-order valence-electron chi connectivity index (χ0n) is 19.0. The molecule has 33 heavy (non-hydrogen) atoms. The maximum Gasteiger partial charge on any atom is 0.416 e. The van der Waals surface area contributed by atoms with Crippen molar-refractivity contribution in [2.24, 2.45) is 5.92 Å². The molecule has 1 saturated carbocycles. The first-order valence-corrected chi connectivity index (χ1v) is 11.5. The van der Waals surface area contributed by atoms with Gasteiger partial charge in [0.15, 0.2) is 5.65 Å². The summed E-state index contributed by atoms with van der Waals surface area (Å²) in [6.07, 6.45) is 2.32. The van der Waals surface area contributed by atoms with E-state index in [9.17, 15) is 18.0 Å². The Kier molecular flexibility index (Phi) is 6.72. The summed E-state index contributed by atoms with van der Waals surface area (Å²) in [5.41, 5.74) is 0.791. The molecule has 1 amide bonds. The van der Waals surface area contributed by atoms with Crippen molar-refractivity contribution in [1.82, 2.24) is 19.4 Å². The van der Waals surface area contributed by atoms with E-state index in [0.717, 1.165) is 61.2 Å². The molecular formula is C25H29F3N4O. The molecule has 176 valence electrons. The van der Waals surface area contributed by atoms with Gasteiger partial charge in [-0.05, 0) is 55.5 Å². The third-order valence-corrected chi connectivity index (χ3v) is 6.24. The van der Waals surface area contributed by atoms with Gasteiger partial charge in [-0.25, -0.2) is 9.97 Å². The van der Waals surface area contributed by atoms with E-state index in [1.807, 2.05) is 12.1 Å². The molecule has 0 unspecified atom stereocenters. The van der Waals surface area contributed by atoms with Crippen molar-refractivity contribution >= 4 is 17.1 Å². The van der Waals surface area contributed by atoms with E-state index in [1.165, 1.54) is 12.1 Å². The average Bonchev–Trinajstić information content (AvgIpc) is 3.42. The third kappa shape index (κ3) is 5.20. The molecule has 0 spiro atoms. The average molecular weight is 459 g/mol. The summed E-state index contributed by atoms with van der Waals surface area (Å²) < 4.78 is 41.8. The number of fused-ring (bicyclic) bond motifs is 1. The van der Waals surface area contributed by atoms with Crippen molar-refractivity contribution in [3.63, 3.8) is 0 Å². The zero-order chi connectivity index (χ0) is 23.6. The first-order valence-electron chi connectivity index (χ1n) is 11.5. The van der Waals surface area contributed by atoms with E-state index in [1.54, 1.807) is 11.1 Å². The topological polar surface area (TPSA) is 51.0 Å². The molecule has 0 aliphatic heterocycles. The second-order valence-corrected chi connectivity index (χ2v) is 9.17. The molecule has 0 radical (unpaired) electrons. The SMILES string of the molecule is CC(C)CCN(Cc1nc2cccnc2n1C1CCCC1)C(=O)c1cccc(C(F)(F)F)c1. The van der Waals surface area contributed by atoms with Crippen molar-refractivity contribution < 1.29 is 18.0 Å². The molecule has 2 aromatic heterocycles. The number of halogens is 3. The fraction of sp³-hybridized carbons (Fsp3) is 0.480. The van der Waals surface area contributed by atoms with Crippen molar-refractivity contribution in [3.05, 3.63) is 59.5 Å². The Morgan fingerprint density at radius 3 is 2.64 bits per heavy atom. The standard InChI is InChI=1S/C25H29F3N4O/c1-17(2)12-14-31(24(33)18-7-5-8-19(15-18)25(26,27)28)16-22-30-21-11-6-13-29-23(21)32(22)20-9-3-4-10-20/h5-8,11,13,15,17,20H,3-4,9-10,12,14,16H2,1-2H3. The van der Waals surface area contributed by atoms with Crippen LogP contribution in [0.15, 0.2) is 42.6 Å². The maximum atomic E-state index is 13.4. The number of amides is 1. The smallest absolute Gasteiger partial charge is 0.331 e. The Balaban J connectivity index is 1.69. The van der Waals surface area contributed by atoms with Gasteiger partial charge in [-0.15, -0.1) is 0 Å². The Morgan fingerprint density at radius 1 is 1.18 bits per heavy atom. The van der Waals surface area contributed by atoms with Crippen molar-refractivity contribution in [2.75, 3.05) is 6.54 Å². The van der Waals surface area contributed by atoms with Crippen LogP contribution in [-0.2, 0) is 12.7 Å². The second-order valence-electron chi connectivity index (χ2n) is 9.17. The Hall–Kier alpha value is -2.90. The monoisotopic (exact) mass is 458 g/mol. The number of alkyl halides is 3. The number of carbonyl (C=O) groups is 1. The molecule has 3 aromatic rings. The number of benzene rings is 1. The highest BCUT2D eigenvalue weighted by Gasteiger charge is 2.32. The lowest BCUT2D eigenvalue weighted by atomic mass is 10.1. The summed E-state index contributed by atoms with van der Waals surface area (Å²) >= 11 is 0. The van der Waals surface area contributed by atoms with Crippen LogP contribution in [0.25, 0.3) is 11.2 Å². The number of nitrogens with zero attached hydrogens (tertiary/aromatic N) is 4. The quantitative estimate of drug-likeness (QED) is 0.420. The molecule has 2 heterocycles. The number of imidazole rings is 1. The Morgan fingerprint density at radius 2 is 1.94 bits per heavy atom. The Labute approximate surface area is 191 Å². The number of hydrogen-bond acceptors (Lipinski definition) is 3. The highest BCUT2D eigenvalue weighted by Crippen LogP contribution is 2.34. The fourth-order valence-corrected chi connectivity index (χ4v) is 4.48. The van der Waals surface area contributed by atoms with Gasteiger partial charge in [-0.1, -0.05) is 32.8 Å². The lowest BCUT2D eigenvalue weighted by molar-refractivity contribution is -0.137. The first-order chi connectivity index (χ1) is 15.7. The van der Waals surface area contributed by atoms with Gasteiger partial charge in [0, 0.05) is 24.3 Å². The zero-order valence-corrected chi connectivity index (χ0v) is 19.0. The van der Waals surface area contributed by atoms with Gasteiger partial charge in [0.1, 0.15) is 11.3 Å². The molecule has 4 rings (SSSR count). The van der Waals surface area contributed by atoms with Gasteiger partial charge in [-0.2, -0.15) is 13.2 Å². The molecule has 1 aliphatic carbocycles. The van der Waals surface area contributed by atoms with Crippen LogP contribution in [0.3, 0.4) is 0 Å². The molecule has 0 N–H and O–H groups in total. The predicted octanol–water partition coefficient (Wildman–Crippen LogP) is 6.25. The van der Waals surface area contributed by atoms with E-state index in [2.05, 4.69) is 23.4 Å². The first kappa shape index (κ1) is 23.3. The summed E-state index contributed by atoms with van der Waals surface area (Å²) in [5, 5.41) is 0. The molecule has 0 atom stereocenters. The number of pyridine rings is 1. The fourth-order valence-electron chi connectivity index (χ4n) is 4.48. The van der Waals surface area contributed by atoms with Crippen LogP contribution in [0, 0.1) is 5.92 Å². The van der Waals surface area contributed by atoms with Gasteiger partial charge < -0.3 is 9.47 Å². The summed E-state index contributed by atoms with van der Waals surface area (Å²) in [7, 11) is 0. The highest BCUT2D eigenvalue weighted by molar-refractivity contribution is 5.94. The normalized spacial score (nSPS) is 15.0. The van der Waals surface area contributed by atoms with Crippen LogP contribution in [0.1, 0.15) is 73.7 Å². The van der Waals surface area contributed by atoms with Crippen LogP contribution in [0.2, 0.25) is 0 Å². The van der Waals surface area contributed by atoms with E-state index in [4.69, 9.17) is 4.98 Å². The van der Waals surface area contributed by atoms with Crippen LogP contribution in [0.4, 0.5) is 13.2 Å². The number of rotatable bonds is 7. The van der Waals surface area contributed by atoms with Crippen LogP contribution < -0.4 is 0 Å². The molecule has 0 saturated heterocycles. The molecule has 1 aliphatic rings. The van der Waals surface area contributed by atoms with Gasteiger partial charge in [0.25, 0.3) is 5.91 Å². The number of hydrogen-bond donors (Lipinski definition) is 0. The number of carbonyl (C=O) groups excluding carboxylic acids is 1. The second kappa shape index (κ2) is 9.53. The summed E-state index contributed by atoms with van der Waals surface area (Å²) in [5.74, 6) is 0.663. The van der Waals surface area contributed by atoms with Crippen molar-refractivity contribution in [3.8, 4) is 0 Å². The van der Waals surface area contributed by atoms with E-state index in [0.29, 0.717) is 12.5 Å². The maximum absolute atomic E-state index is 13.4. The molecule has 1 aromatic carbocycles. The van der Waals surface area contributed by atoms with E-state index in [-0.39, 0.29) is 18.2 Å². The molecular weight excluding hydrogens is 429 g/mol. The van der Waals surface area contributed by atoms with E-state index < -0.39 is 17.6 Å². The minimum Gasteiger partial charge on any atom is -0.331 e. The van der Waals surface area contributed by atoms with Crippen molar-refractivity contribution in [1.29, 1.82) is 0 Å². The van der Waals surface area contributed by atoms with E-state index >= 15 is 0 Å². The van der Waals surface area contributed by atoms with Crippen LogP contribution >= 0.6 is 0 Å². The van der Waals surface area contributed by atoms with Crippen LogP contribution in [-0.4, -0.2) is 31.9 Å². The molecule has 5 nitrogen and oxygen atoms in total. The molecule has 0 bridgehead atoms. The van der Waals surface area contributed by atoms with Gasteiger partial charge in [0.2, 0.25) is 0 Å². The van der Waals surface area contributed by atoms with Crippen molar-refractivity contribution in [2.45, 2.75) is 64.7 Å². The van der Waals surface area contributed by atoms with Crippen LogP contribution in [0.5, 0.6) is 0 Å². The third-order valence-electron chi connectivity index (χ3n) is 6.24. The lowest BCUT2D eigenvalue weighted by Gasteiger charge is -2.25. The summed E-state index contributed by atoms with van der Waals surface area (Å²) in [6, 6.07) is 8.67. The largest absolute Gasteiger partial charge is 0.416 e. The molecule has 8 heteroatoms. The molecule has 1 fully saturated rings. The van der Waals surface area contributed by atoms with Gasteiger partial charge in [0.05, 0.1) is 12.1 Å². The van der Waals surface area contributed by atoms with Gasteiger partial charge in [-0.3, -0.25) is 4.79 Å². The van der Waals surface area contributed by atoms with Gasteiger partial charge >= 0.3 is 6.18 Å². The predicted molar refractivity (Wildman–Crippen MR) is 121 cm³/mol. The summed E-state index contributed by atoms with van der Waals surface area (Å²) in [6.45, 7) is 4.79. The summed E-state index contributed by atoms with van der Waals surface area (Å²) in [4.78, 5) is 24.3. The lowest BCUT2D eigenvalue weighted by Crippen LogP contribution is -2.33. The number of aromatic nitrogens is 3. The minimum atomic E-state index is -4.50.